The summed E-state index contributed by atoms with van der Waals surface area (Å²) in [4.78, 5) is 2.36. The molecule has 0 unspecified atom stereocenters. The number of hydrogen-bond donors (Lipinski definition) is 0. The highest BCUT2D eigenvalue weighted by molar-refractivity contribution is 7.73. The third-order valence-corrected chi connectivity index (χ3v) is 6.85. The van der Waals surface area contributed by atoms with Gasteiger partial charge in [-0.05, 0) is 50.8 Å². The lowest BCUT2D eigenvalue weighted by atomic mass is 10.1. The molecule has 1 atom stereocenters. The van der Waals surface area contributed by atoms with E-state index in [1.165, 1.54) is 16.2 Å². The van der Waals surface area contributed by atoms with Crippen LogP contribution in [0.3, 0.4) is 0 Å². The molecular weight excluding hydrogens is 297 g/mol. The normalized spacial score (nSPS) is 15.2. The van der Waals surface area contributed by atoms with Gasteiger partial charge in [0.15, 0.2) is 0 Å². The molecule has 2 aromatic rings. The average molecular weight is 321 g/mol. The van der Waals surface area contributed by atoms with E-state index in [9.17, 15) is 0 Å². The fraction of sp³-hybridized carbons (Fsp3) is 0.238. The number of allylic oxidation sites excluding steroid dienone is 2. The van der Waals surface area contributed by atoms with Gasteiger partial charge in [-0.1, -0.05) is 78.9 Å². The first-order valence-corrected chi connectivity index (χ1v) is 9.69. The number of likely N-dealkylation sites (N-methyl/N-ethyl adjacent to an activating group) is 1. The lowest BCUT2D eigenvalue weighted by Crippen LogP contribution is -2.34. The van der Waals surface area contributed by atoms with E-state index in [0.29, 0.717) is 6.04 Å². The van der Waals surface area contributed by atoms with Crippen LogP contribution in [0.15, 0.2) is 84.5 Å². The van der Waals surface area contributed by atoms with Gasteiger partial charge in [-0.25, -0.2) is 0 Å². The molecule has 2 aromatic carbocycles. The van der Waals surface area contributed by atoms with Gasteiger partial charge >= 0.3 is 0 Å². The van der Waals surface area contributed by atoms with Crippen molar-refractivity contribution in [1.82, 2.24) is 4.90 Å². The van der Waals surface area contributed by atoms with Crippen LogP contribution in [0.2, 0.25) is 0 Å². The predicted octanol–water partition coefficient (Wildman–Crippen LogP) is 3.94. The zero-order chi connectivity index (χ0) is 16.1. The molecule has 0 radical (unpaired) electrons. The molecule has 0 spiro atoms. The summed E-state index contributed by atoms with van der Waals surface area (Å²) in [5, 5.41) is 2.92. The first-order valence-electron chi connectivity index (χ1n) is 8.16. The zero-order valence-electron chi connectivity index (χ0n) is 13.9. The van der Waals surface area contributed by atoms with Gasteiger partial charge in [0.25, 0.3) is 0 Å². The molecule has 0 aliphatic heterocycles. The minimum atomic E-state index is -0.355. The van der Waals surface area contributed by atoms with Crippen molar-refractivity contribution in [1.29, 1.82) is 0 Å². The van der Waals surface area contributed by atoms with Crippen LogP contribution in [-0.2, 0) is 0 Å². The molecule has 0 saturated carbocycles. The van der Waals surface area contributed by atoms with E-state index in [1.807, 2.05) is 0 Å². The average Bonchev–Trinajstić information content (AvgIpc) is 3.11. The van der Waals surface area contributed by atoms with E-state index in [2.05, 4.69) is 97.9 Å². The molecular formula is C21H24NP. The fourth-order valence-electron chi connectivity index (χ4n) is 3.04. The molecule has 0 N–H and O–H groups in total. The van der Waals surface area contributed by atoms with Gasteiger partial charge in [0.1, 0.15) is 0 Å². The molecule has 0 fully saturated rings. The van der Waals surface area contributed by atoms with Gasteiger partial charge in [-0.3, -0.25) is 0 Å². The molecule has 3 rings (SSSR count). The summed E-state index contributed by atoms with van der Waals surface area (Å²) in [6.45, 7) is 0. The van der Waals surface area contributed by atoms with Crippen molar-refractivity contribution >= 4 is 18.5 Å². The Morgan fingerprint density at radius 3 is 1.91 bits per heavy atom. The van der Waals surface area contributed by atoms with E-state index >= 15 is 0 Å². The zero-order valence-corrected chi connectivity index (χ0v) is 14.8. The van der Waals surface area contributed by atoms with E-state index in [4.69, 9.17) is 0 Å². The van der Waals surface area contributed by atoms with Crippen LogP contribution < -0.4 is 10.6 Å². The molecule has 1 aliphatic carbocycles. The highest BCUT2D eigenvalue weighted by Gasteiger charge is 2.23. The smallest absolute Gasteiger partial charge is 0.0384 e. The first-order chi connectivity index (χ1) is 11.3. The maximum Gasteiger partial charge on any atom is 0.0384 e. The minimum Gasteiger partial charge on any atom is -0.302 e. The van der Waals surface area contributed by atoms with Crippen molar-refractivity contribution in [2.24, 2.45) is 0 Å². The Balaban J connectivity index is 1.93. The standard InChI is InChI=1S/C21H24NP/c1-22(2)21(18-11-9-10-12-18)17-23(19-13-5-3-6-14-19)20-15-7-4-8-16-20/h3-9,11-16,21H,10,17H2,1-2H3/t21-/m0/s1. The van der Waals surface area contributed by atoms with Gasteiger partial charge in [0.2, 0.25) is 0 Å². The quantitative estimate of drug-likeness (QED) is 0.729. The Bertz CT molecular complexity index is 634. The highest BCUT2D eigenvalue weighted by Crippen LogP contribution is 2.37. The predicted molar refractivity (Wildman–Crippen MR) is 103 cm³/mol. The van der Waals surface area contributed by atoms with Crippen LogP contribution in [-0.4, -0.2) is 31.2 Å². The lowest BCUT2D eigenvalue weighted by Gasteiger charge is -2.30. The first kappa shape index (κ1) is 16.2. The van der Waals surface area contributed by atoms with Crippen molar-refractivity contribution in [3.05, 3.63) is 84.5 Å². The topological polar surface area (TPSA) is 3.24 Å². The molecule has 2 heteroatoms. The fourth-order valence-corrected chi connectivity index (χ4v) is 5.71. The Morgan fingerprint density at radius 1 is 0.913 bits per heavy atom. The summed E-state index contributed by atoms with van der Waals surface area (Å²) in [6.07, 6.45) is 9.17. The third-order valence-electron chi connectivity index (χ3n) is 4.30. The molecule has 1 nitrogen and oxygen atoms in total. The molecule has 0 amide bonds. The Labute approximate surface area is 141 Å². The van der Waals surface area contributed by atoms with Gasteiger partial charge in [-0.15, -0.1) is 0 Å². The summed E-state index contributed by atoms with van der Waals surface area (Å²) in [7, 11) is 4.04. The van der Waals surface area contributed by atoms with Crippen molar-refractivity contribution in [3.63, 3.8) is 0 Å². The van der Waals surface area contributed by atoms with Crippen molar-refractivity contribution < 1.29 is 0 Å². The molecule has 0 bridgehead atoms. The van der Waals surface area contributed by atoms with Crippen molar-refractivity contribution in [2.45, 2.75) is 12.5 Å². The largest absolute Gasteiger partial charge is 0.302 e. The van der Waals surface area contributed by atoms with Crippen molar-refractivity contribution in [3.8, 4) is 0 Å². The van der Waals surface area contributed by atoms with E-state index in [-0.39, 0.29) is 7.92 Å². The maximum absolute atomic E-state index is 2.37. The van der Waals surface area contributed by atoms with E-state index in [0.717, 1.165) is 12.6 Å². The number of hydrogen-bond acceptors (Lipinski definition) is 1. The Hall–Kier alpha value is -1.69. The summed E-state index contributed by atoms with van der Waals surface area (Å²) < 4.78 is 0. The molecule has 0 saturated heterocycles. The van der Waals surface area contributed by atoms with Crippen LogP contribution in [0.25, 0.3) is 0 Å². The third kappa shape index (κ3) is 3.99. The summed E-state index contributed by atoms with van der Waals surface area (Å²) in [6, 6.07) is 22.4. The second kappa shape index (κ2) is 7.73. The molecule has 1 aliphatic rings. The van der Waals surface area contributed by atoms with Crippen LogP contribution in [0.5, 0.6) is 0 Å². The molecule has 118 valence electrons. The second-order valence-electron chi connectivity index (χ2n) is 6.10. The molecule has 0 aromatic heterocycles. The van der Waals surface area contributed by atoms with Gasteiger partial charge < -0.3 is 4.90 Å². The highest BCUT2D eigenvalue weighted by atomic mass is 31.1. The van der Waals surface area contributed by atoms with Gasteiger partial charge in [-0.2, -0.15) is 0 Å². The maximum atomic E-state index is 2.37. The summed E-state index contributed by atoms with van der Waals surface area (Å²) >= 11 is 0. The van der Waals surface area contributed by atoms with E-state index < -0.39 is 0 Å². The molecule has 0 heterocycles. The van der Waals surface area contributed by atoms with Crippen molar-refractivity contribution in [2.75, 3.05) is 20.3 Å². The van der Waals surface area contributed by atoms with Crippen LogP contribution >= 0.6 is 7.92 Å². The SMILES string of the molecule is CN(C)[C@@H](CP(c1ccccc1)c1ccccc1)C1=CCC=C1. The summed E-state index contributed by atoms with van der Waals surface area (Å²) in [5.41, 5.74) is 1.47. The lowest BCUT2D eigenvalue weighted by molar-refractivity contribution is 0.359. The van der Waals surface area contributed by atoms with Crippen LogP contribution in [0.1, 0.15) is 6.42 Å². The second-order valence-corrected chi connectivity index (χ2v) is 8.36. The Kier molecular flexibility index (Phi) is 5.43. The van der Waals surface area contributed by atoms with Crippen LogP contribution in [0.4, 0.5) is 0 Å². The van der Waals surface area contributed by atoms with E-state index in [1.54, 1.807) is 0 Å². The monoisotopic (exact) mass is 321 g/mol. The number of nitrogens with zero attached hydrogens (tertiary/aromatic N) is 1. The minimum absolute atomic E-state index is 0.355. The van der Waals surface area contributed by atoms with Gasteiger partial charge in [0.05, 0.1) is 0 Å². The number of rotatable bonds is 6. The van der Waals surface area contributed by atoms with Gasteiger partial charge in [0, 0.05) is 6.04 Å². The molecule has 23 heavy (non-hydrogen) atoms. The number of benzene rings is 2. The van der Waals surface area contributed by atoms with Crippen LogP contribution in [0, 0.1) is 0 Å². The Morgan fingerprint density at radius 2 is 1.48 bits per heavy atom. The summed E-state index contributed by atoms with van der Waals surface area (Å²) in [5.74, 6) is 0.